The predicted octanol–water partition coefficient (Wildman–Crippen LogP) is 0.447. The maximum absolute atomic E-state index is 11.5. The Labute approximate surface area is 97.4 Å². The molecule has 0 fully saturated rings. The number of hydrogen-bond donors (Lipinski definition) is 2. The molecule has 6 heteroatoms. The number of nitrogens with zero attached hydrogens (tertiary/aromatic N) is 1. The van der Waals surface area contributed by atoms with Gasteiger partial charge in [0.2, 0.25) is 0 Å². The summed E-state index contributed by atoms with van der Waals surface area (Å²) in [5.41, 5.74) is 3.16. The van der Waals surface area contributed by atoms with Crippen LogP contribution in [-0.2, 0) is 14.3 Å². The largest absolute Gasteiger partial charge is 0.461 e. The van der Waals surface area contributed by atoms with Crippen molar-refractivity contribution in [1.29, 1.82) is 0 Å². The number of hydrazone groups is 1. The van der Waals surface area contributed by atoms with Crippen LogP contribution in [0.2, 0.25) is 0 Å². The van der Waals surface area contributed by atoms with Gasteiger partial charge in [-0.05, 0) is 25.1 Å². The maximum Gasteiger partial charge on any atom is 0.359 e. The van der Waals surface area contributed by atoms with Crippen LogP contribution in [-0.4, -0.2) is 29.2 Å². The highest BCUT2D eigenvalue weighted by atomic mass is 16.5. The number of rotatable bonds is 3. The third-order valence-corrected chi connectivity index (χ3v) is 2.16. The van der Waals surface area contributed by atoms with Crippen molar-refractivity contribution in [2.45, 2.75) is 6.92 Å². The molecule has 1 aromatic rings. The standard InChI is InChI=1S/C11H11N3O3/c1-2-17-11(16)9-8(10(15)14-13-9)6-7-4-3-5-12-7/h3-6,12H,2H2,1H3,(H,14,15)/b8-6+. The molecule has 0 aliphatic carbocycles. The fourth-order valence-electron chi connectivity index (χ4n) is 1.41. The fraction of sp³-hybridized carbons (Fsp3) is 0.182. The molecule has 1 aromatic heterocycles. The topological polar surface area (TPSA) is 83.5 Å². The number of carbonyl (C=O) groups is 2. The third-order valence-electron chi connectivity index (χ3n) is 2.16. The van der Waals surface area contributed by atoms with Crippen LogP contribution in [0.5, 0.6) is 0 Å². The van der Waals surface area contributed by atoms with E-state index in [2.05, 4.69) is 15.5 Å². The van der Waals surface area contributed by atoms with Gasteiger partial charge >= 0.3 is 5.97 Å². The van der Waals surface area contributed by atoms with Gasteiger partial charge in [-0.25, -0.2) is 10.2 Å². The Morgan fingerprint density at radius 2 is 2.41 bits per heavy atom. The van der Waals surface area contributed by atoms with Crippen molar-refractivity contribution in [1.82, 2.24) is 10.4 Å². The first-order chi connectivity index (χ1) is 8.22. The maximum atomic E-state index is 11.5. The number of aromatic nitrogens is 1. The quantitative estimate of drug-likeness (QED) is 0.587. The van der Waals surface area contributed by atoms with Gasteiger partial charge in [0.25, 0.3) is 5.91 Å². The summed E-state index contributed by atoms with van der Waals surface area (Å²) in [6.45, 7) is 1.93. The van der Waals surface area contributed by atoms with Crippen LogP contribution in [0.25, 0.3) is 6.08 Å². The average molecular weight is 233 g/mol. The van der Waals surface area contributed by atoms with Gasteiger partial charge in [0, 0.05) is 11.9 Å². The van der Waals surface area contributed by atoms with E-state index in [9.17, 15) is 9.59 Å². The van der Waals surface area contributed by atoms with Crippen molar-refractivity contribution in [3.8, 4) is 0 Å². The minimum atomic E-state index is -0.608. The first-order valence-electron chi connectivity index (χ1n) is 5.13. The smallest absolute Gasteiger partial charge is 0.359 e. The molecule has 0 bridgehead atoms. The van der Waals surface area contributed by atoms with Crippen LogP contribution in [0, 0.1) is 0 Å². The number of H-pyrrole nitrogens is 1. The molecule has 0 radical (unpaired) electrons. The number of carbonyl (C=O) groups excluding carboxylic acids is 2. The van der Waals surface area contributed by atoms with Crippen molar-refractivity contribution in [3.05, 3.63) is 29.6 Å². The zero-order valence-electron chi connectivity index (χ0n) is 9.19. The van der Waals surface area contributed by atoms with Crippen LogP contribution >= 0.6 is 0 Å². The van der Waals surface area contributed by atoms with Gasteiger partial charge in [0.1, 0.15) is 0 Å². The Kier molecular flexibility index (Phi) is 3.04. The lowest BCUT2D eigenvalue weighted by atomic mass is 10.1. The molecule has 88 valence electrons. The minimum absolute atomic E-state index is 0.00597. The number of aromatic amines is 1. The van der Waals surface area contributed by atoms with Gasteiger partial charge < -0.3 is 9.72 Å². The summed E-state index contributed by atoms with van der Waals surface area (Å²) < 4.78 is 4.81. The number of ether oxygens (including phenoxy) is 1. The zero-order valence-corrected chi connectivity index (χ0v) is 9.19. The van der Waals surface area contributed by atoms with Crippen LogP contribution in [0.15, 0.2) is 29.0 Å². The van der Waals surface area contributed by atoms with E-state index >= 15 is 0 Å². The molecule has 2 N–H and O–H groups in total. The molecule has 1 aliphatic rings. The van der Waals surface area contributed by atoms with Crippen LogP contribution in [0.4, 0.5) is 0 Å². The van der Waals surface area contributed by atoms with Crippen molar-refractivity contribution < 1.29 is 14.3 Å². The number of esters is 1. The molecule has 6 nitrogen and oxygen atoms in total. The van der Waals surface area contributed by atoms with Gasteiger partial charge in [0.15, 0.2) is 5.71 Å². The highest BCUT2D eigenvalue weighted by molar-refractivity contribution is 6.52. The molecule has 0 atom stereocenters. The number of hydrogen-bond acceptors (Lipinski definition) is 4. The summed E-state index contributed by atoms with van der Waals surface area (Å²) in [6, 6.07) is 3.57. The SMILES string of the molecule is CCOC(=O)C1=NNC(=O)/C1=C/c1ccc[nH]1. The molecule has 0 saturated carbocycles. The van der Waals surface area contributed by atoms with E-state index in [-0.39, 0.29) is 17.9 Å². The van der Waals surface area contributed by atoms with Crippen molar-refractivity contribution >= 4 is 23.7 Å². The first-order valence-corrected chi connectivity index (χ1v) is 5.13. The van der Waals surface area contributed by atoms with E-state index in [1.165, 1.54) is 0 Å². The van der Waals surface area contributed by atoms with E-state index in [0.717, 1.165) is 0 Å². The molecule has 17 heavy (non-hydrogen) atoms. The van der Waals surface area contributed by atoms with Crippen molar-refractivity contribution in [2.75, 3.05) is 6.61 Å². The second-order valence-corrected chi connectivity index (χ2v) is 3.31. The Balaban J connectivity index is 2.28. The van der Waals surface area contributed by atoms with E-state index in [0.29, 0.717) is 5.69 Å². The van der Waals surface area contributed by atoms with Crippen LogP contribution < -0.4 is 5.43 Å². The van der Waals surface area contributed by atoms with E-state index in [1.807, 2.05) is 0 Å². The van der Waals surface area contributed by atoms with E-state index in [1.54, 1.807) is 31.3 Å². The van der Waals surface area contributed by atoms with Crippen molar-refractivity contribution in [3.63, 3.8) is 0 Å². The highest BCUT2D eigenvalue weighted by Gasteiger charge is 2.29. The lowest BCUT2D eigenvalue weighted by molar-refractivity contribution is -0.135. The van der Waals surface area contributed by atoms with Crippen molar-refractivity contribution in [2.24, 2.45) is 5.10 Å². The first kappa shape index (κ1) is 11.1. The molecule has 0 unspecified atom stereocenters. The molecule has 0 saturated heterocycles. The Hall–Kier alpha value is -2.37. The molecular formula is C11H11N3O3. The molecule has 0 spiro atoms. The molecule has 2 rings (SSSR count). The minimum Gasteiger partial charge on any atom is -0.461 e. The number of amides is 1. The lowest BCUT2D eigenvalue weighted by Crippen LogP contribution is -2.20. The zero-order chi connectivity index (χ0) is 12.3. The molecule has 0 aromatic carbocycles. The fourth-order valence-corrected chi connectivity index (χ4v) is 1.41. The van der Waals surface area contributed by atoms with E-state index < -0.39 is 11.9 Å². The summed E-state index contributed by atoms with van der Waals surface area (Å²) in [4.78, 5) is 26.0. The summed E-state index contributed by atoms with van der Waals surface area (Å²) in [5.74, 6) is -1.02. The van der Waals surface area contributed by atoms with Gasteiger partial charge in [-0.3, -0.25) is 4.79 Å². The van der Waals surface area contributed by atoms with Gasteiger partial charge in [-0.15, -0.1) is 0 Å². The Morgan fingerprint density at radius 1 is 1.59 bits per heavy atom. The monoisotopic (exact) mass is 233 g/mol. The molecule has 1 amide bonds. The number of nitrogens with one attached hydrogen (secondary N) is 2. The highest BCUT2D eigenvalue weighted by Crippen LogP contribution is 2.12. The van der Waals surface area contributed by atoms with E-state index in [4.69, 9.17) is 4.74 Å². The third kappa shape index (κ3) is 2.25. The summed E-state index contributed by atoms with van der Waals surface area (Å²) in [6.07, 6.45) is 3.28. The second kappa shape index (κ2) is 4.65. The molecule has 2 heterocycles. The van der Waals surface area contributed by atoms with Crippen LogP contribution in [0.3, 0.4) is 0 Å². The Morgan fingerprint density at radius 3 is 3.06 bits per heavy atom. The van der Waals surface area contributed by atoms with Gasteiger partial charge in [-0.1, -0.05) is 0 Å². The lowest BCUT2D eigenvalue weighted by Gasteiger charge is -2.00. The molecule has 1 aliphatic heterocycles. The average Bonchev–Trinajstić information content (AvgIpc) is 2.91. The summed E-state index contributed by atoms with van der Waals surface area (Å²) in [7, 11) is 0. The molecular weight excluding hydrogens is 222 g/mol. The summed E-state index contributed by atoms with van der Waals surface area (Å²) in [5, 5.41) is 3.66. The van der Waals surface area contributed by atoms with Crippen LogP contribution in [0.1, 0.15) is 12.6 Å². The van der Waals surface area contributed by atoms with Gasteiger partial charge in [0.05, 0.1) is 12.2 Å². The van der Waals surface area contributed by atoms with Gasteiger partial charge in [-0.2, -0.15) is 5.10 Å². The Bertz CT molecular complexity index is 500. The predicted molar refractivity (Wildman–Crippen MR) is 61.0 cm³/mol. The normalized spacial score (nSPS) is 16.9. The summed E-state index contributed by atoms with van der Waals surface area (Å²) >= 11 is 0. The second-order valence-electron chi connectivity index (χ2n) is 3.31.